The van der Waals surface area contributed by atoms with Gasteiger partial charge in [0.1, 0.15) is 5.01 Å². The average Bonchev–Trinajstić information content (AvgIpc) is 2.44. The minimum absolute atomic E-state index is 0.00991. The summed E-state index contributed by atoms with van der Waals surface area (Å²) in [5, 5.41) is 21.2. The van der Waals surface area contributed by atoms with E-state index >= 15 is 0 Å². The molecular formula is C7H11N3OS. The maximum absolute atomic E-state index is 8.74. The average molecular weight is 185 g/mol. The minimum atomic E-state index is -0.00991. The van der Waals surface area contributed by atoms with Crippen molar-refractivity contribution in [1.29, 1.82) is 0 Å². The van der Waals surface area contributed by atoms with E-state index in [1.54, 1.807) is 0 Å². The molecule has 1 aromatic heterocycles. The van der Waals surface area contributed by atoms with E-state index in [9.17, 15) is 0 Å². The third-order valence-electron chi connectivity index (χ3n) is 2.03. The van der Waals surface area contributed by atoms with Gasteiger partial charge in [-0.25, -0.2) is 0 Å². The topological polar surface area (TPSA) is 58.0 Å². The highest BCUT2D eigenvalue weighted by atomic mass is 32.1. The van der Waals surface area contributed by atoms with Gasteiger partial charge in [-0.3, -0.25) is 0 Å². The Balaban J connectivity index is 1.93. The van der Waals surface area contributed by atoms with Gasteiger partial charge in [-0.05, 0) is 19.3 Å². The second-order valence-corrected chi connectivity index (χ2v) is 3.99. The van der Waals surface area contributed by atoms with Gasteiger partial charge in [0.25, 0.3) is 0 Å². The molecule has 1 aromatic rings. The number of hydrogen-bond acceptors (Lipinski definition) is 5. The van der Waals surface area contributed by atoms with Gasteiger partial charge in [0, 0.05) is 6.04 Å². The van der Waals surface area contributed by atoms with Crippen molar-refractivity contribution < 1.29 is 5.11 Å². The number of aromatic nitrogens is 2. The molecule has 0 spiro atoms. The van der Waals surface area contributed by atoms with Crippen molar-refractivity contribution in [2.45, 2.75) is 31.9 Å². The van der Waals surface area contributed by atoms with Crippen molar-refractivity contribution in [3.8, 4) is 0 Å². The molecule has 2 rings (SSSR count). The zero-order valence-electron chi connectivity index (χ0n) is 6.66. The monoisotopic (exact) mass is 185 g/mol. The van der Waals surface area contributed by atoms with Gasteiger partial charge in [0.2, 0.25) is 5.13 Å². The van der Waals surface area contributed by atoms with E-state index in [4.69, 9.17) is 5.11 Å². The van der Waals surface area contributed by atoms with Crippen molar-refractivity contribution in [1.82, 2.24) is 10.2 Å². The van der Waals surface area contributed by atoms with Crippen LogP contribution in [0.4, 0.5) is 5.13 Å². The van der Waals surface area contributed by atoms with Crippen LogP contribution in [0.1, 0.15) is 24.3 Å². The van der Waals surface area contributed by atoms with E-state index in [1.165, 1.54) is 30.6 Å². The number of rotatable bonds is 3. The standard InChI is InChI=1S/C7H11N3OS/c11-4-6-9-10-7(12-6)8-5-2-1-3-5/h5,11H,1-4H2,(H,8,10). The van der Waals surface area contributed by atoms with Crippen LogP contribution in [-0.2, 0) is 6.61 Å². The summed E-state index contributed by atoms with van der Waals surface area (Å²) in [6.07, 6.45) is 3.77. The molecular weight excluding hydrogens is 174 g/mol. The van der Waals surface area contributed by atoms with E-state index in [2.05, 4.69) is 15.5 Å². The highest BCUT2D eigenvalue weighted by molar-refractivity contribution is 7.15. The van der Waals surface area contributed by atoms with Crippen LogP contribution in [0.5, 0.6) is 0 Å². The lowest BCUT2D eigenvalue weighted by Crippen LogP contribution is -2.26. The van der Waals surface area contributed by atoms with Crippen LogP contribution in [0.3, 0.4) is 0 Å². The van der Waals surface area contributed by atoms with Crippen molar-refractivity contribution in [2.24, 2.45) is 0 Å². The third kappa shape index (κ3) is 1.56. The molecule has 4 nitrogen and oxygen atoms in total. The zero-order chi connectivity index (χ0) is 8.39. The summed E-state index contributed by atoms with van der Waals surface area (Å²) in [5.74, 6) is 0. The summed E-state index contributed by atoms with van der Waals surface area (Å²) in [7, 11) is 0. The molecule has 1 fully saturated rings. The van der Waals surface area contributed by atoms with Crippen molar-refractivity contribution in [3.05, 3.63) is 5.01 Å². The minimum Gasteiger partial charge on any atom is -0.389 e. The normalized spacial score (nSPS) is 17.4. The molecule has 12 heavy (non-hydrogen) atoms. The first kappa shape index (κ1) is 7.94. The summed E-state index contributed by atoms with van der Waals surface area (Å²) in [4.78, 5) is 0. The molecule has 0 unspecified atom stereocenters. The van der Waals surface area contributed by atoms with Crippen LogP contribution in [-0.4, -0.2) is 21.3 Å². The molecule has 0 saturated heterocycles. The number of anilines is 1. The molecule has 2 N–H and O–H groups in total. The van der Waals surface area contributed by atoms with E-state index < -0.39 is 0 Å². The van der Waals surface area contributed by atoms with Gasteiger partial charge in [0.05, 0.1) is 6.61 Å². The summed E-state index contributed by atoms with van der Waals surface area (Å²) >= 11 is 1.43. The van der Waals surface area contributed by atoms with E-state index in [0.717, 1.165) is 5.13 Å². The second kappa shape index (κ2) is 3.37. The van der Waals surface area contributed by atoms with Crippen LogP contribution in [0.15, 0.2) is 0 Å². The zero-order valence-corrected chi connectivity index (χ0v) is 7.47. The number of nitrogens with one attached hydrogen (secondary N) is 1. The summed E-state index contributed by atoms with van der Waals surface area (Å²) in [6, 6.07) is 0.587. The van der Waals surface area contributed by atoms with Gasteiger partial charge >= 0.3 is 0 Å². The molecule has 0 aliphatic heterocycles. The lowest BCUT2D eigenvalue weighted by molar-refractivity contribution is 0.280. The second-order valence-electron chi connectivity index (χ2n) is 2.93. The Labute approximate surface area is 74.6 Å². The first-order chi connectivity index (χ1) is 5.88. The molecule has 0 bridgehead atoms. The first-order valence-corrected chi connectivity index (χ1v) is 4.90. The fourth-order valence-electron chi connectivity index (χ4n) is 1.10. The largest absolute Gasteiger partial charge is 0.389 e. The number of nitrogens with zero attached hydrogens (tertiary/aromatic N) is 2. The fourth-order valence-corrected chi connectivity index (χ4v) is 1.78. The summed E-state index contributed by atoms with van der Waals surface area (Å²) in [6.45, 7) is -0.00991. The van der Waals surface area contributed by atoms with Crippen LogP contribution in [0.2, 0.25) is 0 Å². The highest BCUT2D eigenvalue weighted by Gasteiger charge is 2.18. The molecule has 0 aromatic carbocycles. The van der Waals surface area contributed by atoms with Crippen LogP contribution >= 0.6 is 11.3 Å². The Morgan fingerprint density at radius 2 is 2.33 bits per heavy atom. The maximum atomic E-state index is 8.74. The number of aliphatic hydroxyl groups excluding tert-OH is 1. The van der Waals surface area contributed by atoms with Gasteiger partial charge in [-0.2, -0.15) is 0 Å². The molecule has 66 valence electrons. The van der Waals surface area contributed by atoms with E-state index in [-0.39, 0.29) is 6.61 Å². The number of hydrogen-bond donors (Lipinski definition) is 2. The van der Waals surface area contributed by atoms with Gasteiger partial charge in [0.15, 0.2) is 0 Å². The highest BCUT2D eigenvalue weighted by Crippen LogP contribution is 2.24. The third-order valence-corrected chi connectivity index (χ3v) is 2.87. The predicted molar refractivity (Wildman–Crippen MR) is 47.1 cm³/mol. The Bertz CT molecular complexity index is 259. The van der Waals surface area contributed by atoms with Crippen molar-refractivity contribution in [2.75, 3.05) is 5.32 Å². The van der Waals surface area contributed by atoms with Gasteiger partial charge < -0.3 is 10.4 Å². The maximum Gasteiger partial charge on any atom is 0.205 e. The lowest BCUT2D eigenvalue weighted by atomic mass is 9.93. The Kier molecular flexibility index (Phi) is 2.23. The molecule has 1 heterocycles. The quantitative estimate of drug-likeness (QED) is 0.737. The molecule has 0 atom stereocenters. The lowest BCUT2D eigenvalue weighted by Gasteiger charge is -2.25. The Hall–Kier alpha value is -0.680. The van der Waals surface area contributed by atoms with Crippen molar-refractivity contribution >= 4 is 16.5 Å². The van der Waals surface area contributed by atoms with E-state index in [1.807, 2.05) is 0 Å². The summed E-state index contributed by atoms with van der Waals surface area (Å²) in [5.41, 5.74) is 0. The van der Waals surface area contributed by atoms with E-state index in [0.29, 0.717) is 11.0 Å². The molecule has 1 aliphatic carbocycles. The van der Waals surface area contributed by atoms with Gasteiger partial charge in [-0.15, -0.1) is 10.2 Å². The van der Waals surface area contributed by atoms with Crippen LogP contribution in [0, 0.1) is 0 Å². The van der Waals surface area contributed by atoms with Crippen LogP contribution in [0.25, 0.3) is 0 Å². The Morgan fingerprint density at radius 1 is 1.50 bits per heavy atom. The molecule has 0 amide bonds. The molecule has 1 aliphatic rings. The Morgan fingerprint density at radius 3 is 2.83 bits per heavy atom. The van der Waals surface area contributed by atoms with Gasteiger partial charge in [-0.1, -0.05) is 11.3 Å². The molecule has 1 saturated carbocycles. The van der Waals surface area contributed by atoms with Crippen molar-refractivity contribution in [3.63, 3.8) is 0 Å². The SMILES string of the molecule is OCc1nnc(NC2CCC2)s1. The smallest absolute Gasteiger partial charge is 0.205 e. The number of aliphatic hydroxyl groups is 1. The molecule has 5 heteroatoms. The first-order valence-electron chi connectivity index (χ1n) is 4.08. The fraction of sp³-hybridized carbons (Fsp3) is 0.714. The van der Waals surface area contributed by atoms with Crippen LogP contribution < -0.4 is 5.32 Å². The predicted octanol–water partition coefficient (Wildman–Crippen LogP) is 0.995. The summed E-state index contributed by atoms with van der Waals surface area (Å²) < 4.78 is 0. The molecule has 0 radical (unpaired) electrons.